The van der Waals surface area contributed by atoms with E-state index in [0.717, 1.165) is 33.7 Å². The van der Waals surface area contributed by atoms with Crippen molar-refractivity contribution in [2.24, 2.45) is 0 Å². The smallest absolute Gasteiger partial charge is 0.244 e. The lowest BCUT2D eigenvalue weighted by Gasteiger charge is -2.33. The lowest BCUT2D eigenvalue weighted by atomic mass is 10.1. The Labute approximate surface area is 215 Å². The van der Waals surface area contributed by atoms with Crippen LogP contribution < -0.4 is 14.4 Å². The van der Waals surface area contributed by atoms with E-state index in [1.807, 2.05) is 58.9 Å². The maximum Gasteiger partial charge on any atom is 0.244 e. The minimum absolute atomic E-state index is 0.0489. The van der Waals surface area contributed by atoms with Crippen molar-refractivity contribution in [2.45, 2.75) is 66.1 Å². The van der Waals surface area contributed by atoms with Crippen molar-refractivity contribution in [3.8, 4) is 5.75 Å². The van der Waals surface area contributed by atoms with Gasteiger partial charge in [0.25, 0.3) is 0 Å². The number of hydrogen-bond acceptors (Lipinski definition) is 5. The van der Waals surface area contributed by atoms with E-state index >= 15 is 0 Å². The molecule has 36 heavy (non-hydrogen) atoms. The topological polar surface area (TPSA) is 96.0 Å². The van der Waals surface area contributed by atoms with Crippen LogP contribution in [0.1, 0.15) is 50.3 Å². The standard InChI is InChI=1S/C27H39N3O5S/c1-8-21(5)28-27(32)24(9-2)29(17-22-11-13-23(35-6)14-12-22)26(31)18-30(36(7,33)34)25-15-10-19(3)16-20(25)4/h10-16,21,24H,8-9,17-18H2,1-7H3,(H,28,32)/t21-,24-/m0/s1. The molecular weight excluding hydrogens is 478 g/mol. The SMILES string of the molecule is CC[C@H](C)NC(=O)[C@H](CC)N(Cc1ccc(OC)cc1)C(=O)CN(c1ccc(C)cc1C)S(C)(=O)=O. The Hall–Kier alpha value is -3.07. The first-order valence-corrected chi connectivity index (χ1v) is 14.0. The van der Waals surface area contributed by atoms with E-state index in [-0.39, 0.29) is 18.5 Å². The molecule has 0 spiro atoms. The quantitative estimate of drug-likeness (QED) is 0.462. The van der Waals surface area contributed by atoms with Gasteiger partial charge in [-0.15, -0.1) is 0 Å². The Kier molecular flexibility index (Phi) is 10.3. The van der Waals surface area contributed by atoms with Gasteiger partial charge in [-0.2, -0.15) is 0 Å². The molecule has 2 amide bonds. The average Bonchev–Trinajstić information content (AvgIpc) is 2.82. The van der Waals surface area contributed by atoms with Crippen molar-refractivity contribution >= 4 is 27.5 Å². The molecule has 0 heterocycles. The first-order chi connectivity index (χ1) is 16.9. The van der Waals surface area contributed by atoms with Crippen molar-refractivity contribution in [1.82, 2.24) is 10.2 Å². The molecule has 1 N–H and O–H groups in total. The number of benzene rings is 2. The van der Waals surface area contributed by atoms with Gasteiger partial charge in [-0.25, -0.2) is 8.42 Å². The van der Waals surface area contributed by atoms with E-state index in [1.165, 1.54) is 4.90 Å². The number of nitrogens with zero attached hydrogens (tertiary/aromatic N) is 2. The minimum atomic E-state index is -3.77. The first kappa shape index (κ1) is 29.2. The molecule has 0 saturated carbocycles. The van der Waals surface area contributed by atoms with Crippen LogP contribution in [0.4, 0.5) is 5.69 Å². The Morgan fingerprint density at radius 2 is 1.67 bits per heavy atom. The monoisotopic (exact) mass is 517 g/mol. The molecule has 0 bridgehead atoms. The second kappa shape index (κ2) is 12.8. The summed E-state index contributed by atoms with van der Waals surface area (Å²) in [7, 11) is -2.20. The molecule has 0 aliphatic rings. The summed E-state index contributed by atoms with van der Waals surface area (Å²) in [6.45, 7) is 9.20. The number of sulfonamides is 1. The van der Waals surface area contributed by atoms with Crippen molar-refractivity contribution in [3.63, 3.8) is 0 Å². The van der Waals surface area contributed by atoms with Gasteiger partial charge in [-0.1, -0.05) is 43.7 Å². The predicted octanol–water partition coefficient (Wildman–Crippen LogP) is 3.80. The highest BCUT2D eigenvalue weighted by Crippen LogP contribution is 2.25. The van der Waals surface area contributed by atoms with Crippen LogP contribution in [-0.2, 0) is 26.2 Å². The molecule has 9 heteroatoms. The highest BCUT2D eigenvalue weighted by Gasteiger charge is 2.32. The number of amides is 2. The zero-order valence-electron chi connectivity index (χ0n) is 22.4. The zero-order valence-corrected chi connectivity index (χ0v) is 23.2. The molecule has 0 fully saturated rings. The number of nitrogens with one attached hydrogen (secondary N) is 1. The van der Waals surface area contributed by atoms with Crippen molar-refractivity contribution in [2.75, 3.05) is 24.2 Å². The van der Waals surface area contributed by atoms with E-state index in [4.69, 9.17) is 4.74 Å². The molecule has 8 nitrogen and oxygen atoms in total. The number of aryl methyl sites for hydroxylation is 2. The highest BCUT2D eigenvalue weighted by atomic mass is 32.2. The number of rotatable bonds is 12. The third-order valence-electron chi connectivity index (χ3n) is 6.20. The first-order valence-electron chi connectivity index (χ1n) is 12.2. The van der Waals surface area contributed by atoms with Crippen LogP contribution >= 0.6 is 0 Å². The van der Waals surface area contributed by atoms with Crippen LogP contribution in [0.5, 0.6) is 5.75 Å². The molecule has 2 aromatic carbocycles. The fourth-order valence-corrected chi connectivity index (χ4v) is 4.88. The summed E-state index contributed by atoms with van der Waals surface area (Å²) in [6.07, 6.45) is 2.22. The van der Waals surface area contributed by atoms with Crippen LogP contribution in [0.15, 0.2) is 42.5 Å². The summed E-state index contributed by atoms with van der Waals surface area (Å²) >= 11 is 0. The Bertz CT molecular complexity index is 1150. The molecule has 0 saturated heterocycles. The predicted molar refractivity (Wildman–Crippen MR) is 144 cm³/mol. The van der Waals surface area contributed by atoms with Crippen LogP contribution in [-0.4, -0.2) is 57.1 Å². The zero-order chi connectivity index (χ0) is 27.0. The van der Waals surface area contributed by atoms with Crippen LogP contribution in [0, 0.1) is 13.8 Å². The maximum atomic E-state index is 13.8. The summed E-state index contributed by atoms with van der Waals surface area (Å²) in [6, 6.07) is 11.8. The van der Waals surface area contributed by atoms with E-state index < -0.39 is 28.5 Å². The minimum Gasteiger partial charge on any atom is -0.497 e. The van der Waals surface area contributed by atoms with Gasteiger partial charge < -0.3 is 15.0 Å². The molecule has 2 aromatic rings. The maximum absolute atomic E-state index is 13.8. The molecule has 0 unspecified atom stereocenters. The molecule has 0 aliphatic carbocycles. The fraction of sp³-hybridized carbons (Fsp3) is 0.481. The van der Waals surface area contributed by atoms with E-state index in [2.05, 4.69) is 5.32 Å². The molecule has 198 valence electrons. The second-order valence-electron chi connectivity index (χ2n) is 9.17. The normalized spacial score (nSPS) is 13.0. The number of anilines is 1. The number of methoxy groups -OCH3 is 1. The number of carbonyl (C=O) groups is 2. The lowest BCUT2D eigenvalue weighted by molar-refractivity contribution is -0.140. The van der Waals surface area contributed by atoms with Crippen molar-refractivity contribution in [1.29, 1.82) is 0 Å². The van der Waals surface area contributed by atoms with Crippen LogP contribution in [0.2, 0.25) is 0 Å². The van der Waals surface area contributed by atoms with Crippen LogP contribution in [0.3, 0.4) is 0 Å². The van der Waals surface area contributed by atoms with Crippen molar-refractivity contribution in [3.05, 3.63) is 59.2 Å². The van der Waals surface area contributed by atoms with Gasteiger partial charge in [-0.05, 0) is 62.9 Å². The molecule has 0 radical (unpaired) electrons. The summed E-state index contributed by atoms with van der Waals surface area (Å²) < 4.78 is 31.9. The fourth-order valence-electron chi connectivity index (χ4n) is 3.97. The second-order valence-corrected chi connectivity index (χ2v) is 11.1. The molecule has 0 aromatic heterocycles. The van der Waals surface area contributed by atoms with Gasteiger partial charge in [0, 0.05) is 12.6 Å². The number of ether oxygens (including phenoxy) is 1. The average molecular weight is 518 g/mol. The van der Waals surface area contributed by atoms with E-state index in [0.29, 0.717) is 17.9 Å². The van der Waals surface area contributed by atoms with Gasteiger partial charge in [0.15, 0.2) is 0 Å². The molecule has 0 aliphatic heterocycles. The van der Waals surface area contributed by atoms with Gasteiger partial charge in [-0.3, -0.25) is 13.9 Å². The third-order valence-corrected chi connectivity index (χ3v) is 7.33. The van der Waals surface area contributed by atoms with Gasteiger partial charge in [0.1, 0.15) is 18.3 Å². The number of carbonyl (C=O) groups excluding carboxylic acids is 2. The Balaban J connectivity index is 2.46. The Morgan fingerprint density at radius 1 is 1.03 bits per heavy atom. The summed E-state index contributed by atoms with van der Waals surface area (Å²) in [5.74, 6) is -0.0372. The summed E-state index contributed by atoms with van der Waals surface area (Å²) in [4.78, 5) is 28.4. The molecular formula is C27H39N3O5S. The number of hydrogen-bond donors (Lipinski definition) is 1. The lowest BCUT2D eigenvalue weighted by Crippen LogP contribution is -2.53. The van der Waals surface area contributed by atoms with E-state index in [1.54, 1.807) is 25.3 Å². The molecule has 2 rings (SSSR count). The van der Waals surface area contributed by atoms with Gasteiger partial charge in [0.2, 0.25) is 21.8 Å². The largest absolute Gasteiger partial charge is 0.497 e. The molecule has 2 atom stereocenters. The van der Waals surface area contributed by atoms with Crippen LogP contribution in [0.25, 0.3) is 0 Å². The van der Waals surface area contributed by atoms with Gasteiger partial charge in [0.05, 0.1) is 19.1 Å². The summed E-state index contributed by atoms with van der Waals surface area (Å²) in [5.41, 5.74) is 2.98. The summed E-state index contributed by atoms with van der Waals surface area (Å²) in [5, 5.41) is 2.97. The van der Waals surface area contributed by atoms with E-state index in [9.17, 15) is 18.0 Å². The van der Waals surface area contributed by atoms with Gasteiger partial charge >= 0.3 is 0 Å². The third kappa shape index (κ3) is 7.71. The highest BCUT2D eigenvalue weighted by molar-refractivity contribution is 7.92. The van der Waals surface area contributed by atoms with Crippen molar-refractivity contribution < 1.29 is 22.7 Å². The Morgan fingerprint density at radius 3 is 2.17 bits per heavy atom.